The minimum absolute atomic E-state index is 0.226. The van der Waals surface area contributed by atoms with Gasteiger partial charge in [-0.25, -0.2) is 4.39 Å². The molecular weight excluding hydrogens is 321 g/mol. The van der Waals surface area contributed by atoms with E-state index in [9.17, 15) is 4.39 Å². The van der Waals surface area contributed by atoms with Crippen molar-refractivity contribution in [3.63, 3.8) is 0 Å². The van der Waals surface area contributed by atoms with E-state index >= 15 is 0 Å². The molecule has 0 aliphatic rings. The molecule has 0 saturated heterocycles. The molecule has 0 aliphatic carbocycles. The highest BCUT2D eigenvalue weighted by molar-refractivity contribution is 9.10. The summed E-state index contributed by atoms with van der Waals surface area (Å²) in [7, 11) is 0. The van der Waals surface area contributed by atoms with E-state index < -0.39 is 0 Å². The van der Waals surface area contributed by atoms with Gasteiger partial charge in [-0.3, -0.25) is 0 Å². The van der Waals surface area contributed by atoms with E-state index in [1.54, 1.807) is 12.1 Å². The smallest absolute Gasteiger partial charge is 0.126 e. The average molecular weight is 338 g/mol. The lowest BCUT2D eigenvalue weighted by molar-refractivity contribution is 0.334. The van der Waals surface area contributed by atoms with Gasteiger partial charge >= 0.3 is 0 Å². The second-order valence-corrected chi connectivity index (χ2v) is 5.43. The highest BCUT2D eigenvalue weighted by Gasteiger charge is 2.15. The van der Waals surface area contributed by atoms with Crippen LogP contribution in [-0.2, 0) is 6.42 Å². The molecule has 20 heavy (non-hydrogen) atoms. The lowest BCUT2D eigenvalue weighted by atomic mass is 9.98. The molecule has 0 fully saturated rings. The Kier molecular flexibility index (Phi) is 5.15. The molecule has 1 atom stereocenters. The summed E-state index contributed by atoms with van der Waals surface area (Å²) in [6.07, 6.45) is 0.434. The van der Waals surface area contributed by atoms with Gasteiger partial charge in [0.2, 0.25) is 0 Å². The first kappa shape index (κ1) is 15.0. The zero-order valence-electron chi connectivity index (χ0n) is 11.3. The Bertz CT molecular complexity index is 588. The predicted molar refractivity (Wildman–Crippen MR) is 82.3 cm³/mol. The predicted octanol–water partition coefficient (Wildman–Crippen LogP) is 4.23. The van der Waals surface area contributed by atoms with Crippen molar-refractivity contribution in [1.82, 2.24) is 0 Å². The van der Waals surface area contributed by atoms with Crippen molar-refractivity contribution in [2.24, 2.45) is 5.73 Å². The third-order valence-electron chi connectivity index (χ3n) is 3.07. The molecule has 1 unspecified atom stereocenters. The van der Waals surface area contributed by atoms with Gasteiger partial charge in [0.1, 0.15) is 11.6 Å². The van der Waals surface area contributed by atoms with Gasteiger partial charge in [-0.1, -0.05) is 34.1 Å². The van der Waals surface area contributed by atoms with Crippen LogP contribution in [-0.4, -0.2) is 6.61 Å². The quantitative estimate of drug-likeness (QED) is 0.886. The molecule has 0 aliphatic heterocycles. The van der Waals surface area contributed by atoms with Gasteiger partial charge in [-0.05, 0) is 43.2 Å². The maximum Gasteiger partial charge on any atom is 0.126 e. The summed E-state index contributed by atoms with van der Waals surface area (Å²) >= 11 is 3.43. The number of ether oxygens (including phenoxy) is 1. The van der Waals surface area contributed by atoms with E-state index in [0.29, 0.717) is 18.6 Å². The summed E-state index contributed by atoms with van der Waals surface area (Å²) in [4.78, 5) is 0. The first-order valence-corrected chi connectivity index (χ1v) is 7.32. The number of nitrogens with two attached hydrogens (primary N) is 1. The number of benzene rings is 2. The maximum absolute atomic E-state index is 13.7. The summed E-state index contributed by atoms with van der Waals surface area (Å²) in [6.45, 7) is 2.50. The second kappa shape index (κ2) is 6.86. The summed E-state index contributed by atoms with van der Waals surface area (Å²) in [5, 5.41) is 0. The molecule has 106 valence electrons. The van der Waals surface area contributed by atoms with Gasteiger partial charge in [0, 0.05) is 16.1 Å². The molecule has 0 bridgehead atoms. The SMILES string of the molecule is CCOc1ccc(Br)cc1C(N)Cc1ccccc1F. The Morgan fingerprint density at radius 1 is 1.25 bits per heavy atom. The third-order valence-corrected chi connectivity index (χ3v) is 3.56. The van der Waals surface area contributed by atoms with E-state index in [-0.39, 0.29) is 11.9 Å². The van der Waals surface area contributed by atoms with Crippen molar-refractivity contribution in [1.29, 1.82) is 0 Å². The van der Waals surface area contributed by atoms with E-state index in [2.05, 4.69) is 15.9 Å². The molecule has 4 heteroatoms. The molecule has 2 aromatic carbocycles. The summed E-state index contributed by atoms with van der Waals surface area (Å²) in [5.74, 6) is 0.524. The molecule has 2 rings (SSSR count). The Morgan fingerprint density at radius 3 is 2.70 bits per heavy atom. The van der Waals surface area contributed by atoms with Crippen LogP contribution in [0.2, 0.25) is 0 Å². The molecule has 2 nitrogen and oxygen atoms in total. The number of hydrogen-bond acceptors (Lipinski definition) is 2. The maximum atomic E-state index is 13.7. The van der Waals surface area contributed by atoms with Crippen molar-refractivity contribution in [3.05, 3.63) is 63.9 Å². The van der Waals surface area contributed by atoms with Crippen LogP contribution in [0.5, 0.6) is 5.75 Å². The number of rotatable bonds is 5. The largest absolute Gasteiger partial charge is 0.494 e. The van der Waals surface area contributed by atoms with Gasteiger partial charge in [-0.15, -0.1) is 0 Å². The Balaban J connectivity index is 2.26. The van der Waals surface area contributed by atoms with Crippen LogP contribution in [0, 0.1) is 5.82 Å². The van der Waals surface area contributed by atoms with E-state index in [1.165, 1.54) is 6.07 Å². The van der Waals surface area contributed by atoms with Crippen LogP contribution in [0.3, 0.4) is 0 Å². The van der Waals surface area contributed by atoms with Crippen LogP contribution < -0.4 is 10.5 Å². The third kappa shape index (κ3) is 3.58. The zero-order chi connectivity index (χ0) is 14.5. The van der Waals surface area contributed by atoms with Crippen LogP contribution in [0.1, 0.15) is 24.1 Å². The number of halogens is 2. The molecule has 2 aromatic rings. The summed E-state index contributed by atoms with van der Waals surface area (Å²) < 4.78 is 20.2. The Morgan fingerprint density at radius 2 is 2.00 bits per heavy atom. The Hall–Kier alpha value is -1.39. The van der Waals surface area contributed by atoms with Crippen molar-refractivity contribution < 1.29 is 9.13 Å². The van der Waals surface area contributed by atoms with Gasteiger partial charge < -0.3 is 10.5 Å². The van der Waals surface area contributed by atoms with Crippen LogP contribution in [0.25, 0.3) is 0 Å². The van der Waals surface area contributed by atoms with Crippen LogP contribution >= 0.6 is 15.9 Å². The molecule has 0 amide bonds. The average Bonchev–Trinajstić information content (AvgIpc) is 2.43. The van der Waals surface area contributed by atoms with Gasteiger partial charge in [0.25, 0.3) is 0 Å². The monoisotopic (exact) mass is 337 g/mol. The summed E-state index contributed by atoms with van der Waals surface area (Å²) in [6, 6.07) is 12.1. The zero-order valence-corrected chi connectivity index (χ0v) is 12.9. The lowest BCUT2D eigenvalue weighted by Crippen LogP contribution is -2.15. The highest BCUT2D eigenvalue weighted by atomic mass is 79.9. The fraction of sp³-hybridized carbons (Fsp3) is 0.250. The van der Waals surface area contributed by atoms with Crippen LogP contribution in [0.4, 0.5) is 4.39 Å². The summed E-state index contributed by atoms with van der Waals surface area (Å²) in [5.41, 5.74) is 7.72. The fourth-order valence-electron chi connectivity index (χ4n) is 2.11. The van der Waals surface area contributed by atoms with Crippen molar-refractivity contribution >= 4 is 15.9 Å². The van der Waals surface area contributed by atoms with Crippen LogP contribution in [0.15, 0.2) is 46.9 Å². The fourth-order valence-corrected chi connectivity index (χ4v) is 2.49. The van der Waals surface area contributed by atoms with E-state index in [0.717, 1.165) is 15.8 Å². The molecule has 0 saturated carbocycles. The van der Waals surface area contributed by atoms with E-state index in [1.807, 2.05) is 31.2 Å². The second-order valence-electron chi connectivity index (χ2n) is 4.52. The van der Waals surface area contributed by atoms with Crippen molar-refractivity contribution in [2.75, 3.05) is 6.61 Å². The number of hydrogen-bond donors (Lipinski definition) is 1. The molecule has 0 spiro atoms. The molecule has 2 N–H and O–H groups in total. The van der Waals surface area contributed by atoms with Gasteiger partial charge in [-0.2, -0.15) is 0 Å². The normalized spacial score (nSPS) is 12.2. The molecule has 0 aromatic heterocycles. The van der Waals surface area contributed by atoms with Gasteiger partial charge in [0.05, 0.1) is 6.61 Å². The topological polar surface area (TPSA) is 35.2 Å². The first-order valence-electron chi connectivity index (χ1n) is 6.53. The molecule has 0 radical (unpaired) electrons. The van der Waals surface area contributed by atoms with Crippen molar-refractivity contribution in [3.8, 4) is 5.75 Å². The molecule has 0 heterocycles. The van der Waals surface area contributed by atoms with Crippen molar-refractivity contribution in [2.45, 2.75) is 19.4 Å². The minimum atomic E-state index is -0.314. The molecular formula is C16H17BrFNO. The standard InChI is InChI=1S/C16H17BrFNO/c1-2-20-16-8-7-12(17)10-13(16)15(19)9-11-5-3-4-6-14(11)18/h3-8,10,15H,2,9,19H2,1H3. The first-order chi connectivity index (χ1) is 9.61. The van der Waals surface area contributed by atoms with Gasteiger partial charge in [0.15, 0.2) is 0 Å². The minimum Gasteiger partial charge on any atom is -0.494 e. The highest BCUT2D eigenvalue weighted by Crippen LogP contribution is 2.29. The van der Waals surface area contributed by atoms with E-state index in [4.69, 9.17) is 10.5 Å². The lowest BCUT2D eigenvalue weighted by Gasteiger charge is -2.17. The Labute approximate surface area is 126 Å².